The highest BCUT2D eigenvalue weighted by Crippen LogP contribution is 2.41. The third kappa shape index (κ3) is 6.08. The summed E-state index contributed by atoms with van der Waals surface area (Å²) in [6, 6.07) is 17.9. The van der Waals surface area contributed by atoms with Gasteiger partial charge in [0.05, 0.1) is 41.1 Å². The van der Waals surface area contributed by atoms with Crippen molar-refractivity contribution in [3.8, 4) is 11.8 Å². The second kappa shape index (κ2) is 12.4. The van der Waals surface area contributed by atoms with Gasteiger partial charge in [-0.15, -0.1) is 11.8 Å². The van der Waals surface area contributed by atoms with Gasteiger partial charge >= 0.3 is 6.03 Å². The molecule has 4 N–H and O–H groups in total. The van der Waals surface area contributed by atoms with Crippen LogP contribution in [0.4, 0.5) is 30.6 Å². The molecule has 3 aromatic rings. The summed E-state index contributed by atoms with van der Waals surface area (Å²) in [6.07, 6.45) is 1.82. The number of anilines is 3. The number of halogens is 2. The van der Waals surface area contributed by atoms with Crippen molar-refractivity contribution in [3.63, 3.8) is 0 Å². The Morgan fingerprint density at radius 3 is 2.48 bits per heavy atom. The van der Waals surface area contributed by atoms with Crippen LogP contribution in [0.3, 0.4) is 0 Å². The molecule has 0 bridgehead atoms. The van der Waals surface area contributed by atoms with E-state index in [2.05, 4.69) is 27.3 Å². The van der Waals surface area contributed by atoms with Gasteiger partial charge in [-0.3, -0.25) is 4.79 Å². The van der Waals surface area contributed by atoms with Gasteiger partial charge < -0.3 is 26.0 Å². The standard InChI is InChI=1S/C29H25F2N5O3S/c1-16-25(27(37)35-23-9-4-5-10-24(23)39-2)26(20(15-32)28(33-16)40-3)17-7-6-8-19(13-17)34-29(38)36-22-12-11-18(30)14-21(22)31/h4-14,26,33H,1-3H3,(H,35,37)(H2,34,36,38). The molecule has 0 fully saturated rings. The largest absolute Gasteiger partial charge is 0.495 e. The SMILES string of the molecule is COc1ccccc1NC(=O)C1=C(C)NC(SC)=C(C#N)C1c1cccc(NC(=O)Nc2ccc(F)cc2F)c1. The highest BCUT2D eigenvalue weighted by molar-refractivity contribution is 8.02. The van der Waals surface area contributed by atoms with Crippen molar-refractivity contribution < 1.29 is 23.1 Å². The van der Waals surface area contributed by atoms with Gasteiger partial charge in [-0.1, -0.05) is 24.3 Å². The molecule has 1 unspecified atom stereocenters. The molecule has 1 aliphatic rings. The molecule has 40 heavy (non-hydrogen) atoms. The number of rotatable bonds is 7. The van der Waals surface area contributed by atoms with Crippen LogP contribution in [0.2, 0.25) is 0 Å². The van der Waals surface area contributed by atoms with E-state index in [9.17, 15) is 23.6 Å². The number of carbonyl (C=O) groups excluding carboxylic acids is 2. The number of amides is 3. The lowest BCUT2D eigenvalue weighted by atomic mass is 9.82. The van der Waals surface area contributed by atoms with Crippen molar-refractivity contribution in [1.29, 1.82) is 5.26 Å². The summed E-state index contributed by atoms with van der Waals surface area (Å²) >= 11 is 1.34. The molecule has 0 aromatic heterocycles. The monoisotopic (exact) mass is 561 g/mol. The Bertz CT molecular complexity index is 1580. The van der Waals surface area contributed by atoms with E-state index < -0.39 is 29.5 Å². The van der Waals surface area contributed by atoms with E-state index in [4.69, 9.17) is 4.74 Å². The number of nitriles is 1. The average molecular weight is 562 g/mol. The van der Waals surface area contributed by atoms with E-state index in [1.165, 1.54) is 18.9 Å². The third-order valence-electron chi connectivity index (χ3n) is 6.11. The minimum atomic E-state index is -0.918. The predicted molar refractivity (Wildman–Crippen MR) is 152 cm³/mol. The Morgan fingerprint density at radius 1 is 1.00 bits per heavy atom. The molecule has 1 heterocycles. The smallest absolute Gasteiger partial charge is 0.323 e. The number of nitrogens with one attached hydrogen (secondary N) is 4. The van der Waals surface area contributed by atoms with Crippen molar-refractivity contribution in [3.05, 3.63) is 106 Å². The Hall–Kier alpha value is -4.82. The van der Waals surface area contributed by atoms with Crippen molar-refractivity contribution in [1.82, 2.24) is 5.32 Å². The van der Waals surface area contributed by atoms with Gasteiger partial charge in [0.15, 0.2) is 0 Å². The van der Waals surface area contributed by atoms with Crippen LogP contribution in [0.5, 0.6) is 5.75 Å². The number of para-hydroxylation sites is 2. The number of nitrogens with zero attached hydrogens (tertiary/aromatic N) is 1. The predicted octanol–water partition coefficient (Wildman–Crippen LogP) is 6.32. The molecule has 204 valence electrons. The Labute approximate surface area is 234 Å². The molecular weight excluding hydrogens is 536 g/mol. The number of ether oxygens (including phenoxy) is 1. The summed E-state index contributed by atoms with van der Waals surface area (Å²) in [6.45, 7) is 1.75. The number of hydrogen-bond acceptors (Lipinski definition) is 6. The molecule has 3 aromatic carbocycles. The molecule has 0 spiro atoms. The number of urea groups is 1. The van der Waals surface area contributed by atoms with E-state index in [0.717, 1.165) is 12.1 Å². The zero-order chi connectivity index (χ0) is 28.8. The molecule has 1 atom stereocenters. The molecule has 0 saturated carbocycles. The quantitative estimate of drug-likeness (QED) is 0.269. The van der Waals surface area contributed by atoms with Gasteiger partial charge in [-0.05, 0) is 55.1 Å². The Morgan fingerprint density at radius 2 is 1.77 bits per heavy atom. The fourth-order valence-corrected chi connectivity index (χ4v) is 4.96. The molecule has 11 heteroatoms. The first-order valence-corrected chi connectivity index (χ1v) is 13.2. The van der Waals surface area contributed by atoms with Crippen molar-refractivity contribution in [2.45, 2.75) is 12.8 Å². The number of benzene rings is 3. The summed E-state index contributed by atoms with van der Waals surface area (Å²) in [4.78, 5) is 26.2. The first-order valence-electron chi connectivity index (χ1n) is 12.0. The number of thioether (sulfide) groups is 1. The maximum atomic E-state index is 14.0. The number of hydrogen-bond donors (Lipinski definition) is 4. The second-order valence-corrected chi connectivity index (χ2v) is 9.46. The number of allylic oxidation sites excluding steroid dienone is 2. The Balaban J connectivity index is 1.67. The van der Waals surface area contributed by atoms with Crippen LogP contribution < -0.4 is 26.0 Å². The first kappa shape index (κ1) is 28.2. The lowest BCUT2D eigenvalue weighted by molar-refractivity contribution is -0.113. The number of dihydropyridines is 1. The molecule has 0 aliphatic carbocycles. The fraction of sp³-hybridized carbons (Fsp3) is 0.138. The molecular formula is C29H25F2N5O3S. The highest BCUT2D eigenvalue weighted by atomic mass is 32.2. The van der Waals surface area contributed by atoms with E-state index in [1.54, 1.807) is 55.5 Å². The number of carbonyl (C=O) groups is 2. The fourth-order valence-electron chi connectivity index (χ4n) is 4.32. The summed E-state index contributed by atoms with van der Waals surface area (Å²) in [7, 11) is 1.50. The molecule has 1 aliphatic heterocycles. The van der Waals surface area contributed by atoms with Crippen molar-refractivity contribution in [2.24, 2.45) is 0 Å². The molecule has 4 rings (SSSR count). The van der Waals surface area contributed by atoms with Gasteiger partial charge in [0, 0.05) is 23.0 Å². The normalized spacial score (nSPS) is 14.7. The summed E-state index contributed by atoms with van der Waals surface area (Å²) in [5, 5.41) is 21.7. The molecule has 3 amide bonds. The maximum absolute atomic E-state index is 14.0. The topological polar surface area (TPSA) is 115 Å². The lowest BCUT2D eigenvalue weighted by Gasteiger charge is -2.30. The molecule has 0 saturated heterocycles. The van der Waals surface area contributed by atoms with Crippen LogP contribution in [-0.4, -0.2) is 25.3 Å². The summed E-state index contributed by atoms with van der Waals surface area (Å²) in [5.74, 6) is -2.40. The lowest BCUT2D eigenvalue weighted by Crippen LogP contribution is -2.30. The van der Waals surface area contributed by atoms with Crippen LogP contribution in [0.15, 0.2) is 88.6 Å². The minimum absolute atomic E-state index is 0.193. The van der Waals surface area contributed by atoms with Gasteiger partial charge in [-0.2, -0.15) is 5.26 Å². The van der Waals surface area contributed by atoms with E-state index in [-0.39, 0.29) is 5.69 Å². The van der Waals surface area contributed by atoms with Crippen molar-refractivity contribution in [2.75, 3.05) is 29.3 Å². The van der Waals surface area contributed by atoms with E-state index in [1.807, 2.05) is 6.26 Å². The van der Waals surface area contributed by atoms with E-state index >= 15 is 0 Å². The summed E-state index contributed by atoms with van der Waals surface area (Å²) < 4.78 is 32.6. The maximum Gasteiger partial charge on any atom is 0.323 e. The van der Waals surface area contributed by atoms with Gasteiger partial charge in [0.25, 0.3) is 5.91 Å². The zero-order valence-electron chi connectivity index (χ0n) is 21.8. The highest BCUT2D eigenvalue weighted by Gasteiger charge is 2.34. The molecule has 8 nitrogen and oxygen atoms in total. The van der Waals surface area contributed by atoms with Crippen LogP contribution in [0.25, 0.3) is 0 Å². The zero-order valence-corrected chi connectivity index (χ0v) is 22.6. The molecule has 0 radical (unpaired) electrons. The number of methoxy groups -OCH3 is 1. The van der Waals surface area contributed by atoms with E-state index in [0.29, 0.717) is 50.6 Å². The summed E-state index contributed by atoms with van der Waals surface area (Å²) in [5.41, 5.74) is 2.38. The van der Waals surface area contributed by atoms with Crippen LogP contribution >= 0.6 is 11.8 Å². The Kier molecular flexibility index (Phi) is 8.71. The van der Waals surface area contributed by atoms with Gasteiger partial charge in [-0.25, -0.2) is 13.6 Å². The van der Waals surface area contributed by atoms with Gasteiger partial charge in [0.1, 0.15) is 17.4 Å². The second-order valence-electron chi connectivity index (χ2n) is 8.64. The first-order chi connectivity index (χ1) is 19.2. The van der Waals surface area contributed by atoms with Gasteiger partial charge in [0.2, 0.25) is 0 Å². The third-order valence-corrected chi connectivity index (χ3v) is 6.84. The van der Waals surface area contributed by atoms with Crippen molar-refractivity contribution >= 4 is 40.8 Å². The van der Waals surface area contributed by atoms with Crippen LogP contribution in [0, 0.1) is 23.0 Å². The van der Waals surface area contributed by atoms with Crippen LogP contribution in [-0.2, 0) is 4.79 Å². The minimum Gasteiger partial charge on any atom is -0.495 e. The average Bonchev–Trinajstić information content (AvgIpc) is 2.94. The van der Waals surface area contributed by atoms with Crippen LogP contribution in [0.1, 0.15) is 18.4 Å².